The number of methoxy groups -OCH3 is 1. The Morgan fingerprint density at radius 1 is 1.47 bits per heavy atom. The van der Waals surface area contributed by atoms with Crippen molar-refractivity contribution in [2.45, 2.75) is 51.6 Å². The highest BCUT2D eigenvalue weighted by Crippen LogP contribution is 2.25. The molecular formula is C13H26N2O2. The molecule has 0 spiro atoms. The van der Waals surface area contributed by atoms with Crippen LogP contribution >= 0.6 is 0 Å². The lowest BCUT2D eigenvalue weighted by atomic mass is 9.85. The smallest absolute Gasteiger partial charge is 0.226 e. The average Bonchev–Trinajstić information content (AvgIpc) is 2.29. The lowest BCUT2D eigenvalue weighted by Crippen LogP contribution is -2.45. The van der Waals surface area contributed by atoms with Gasteiger partial charge in [0.25, 0.3) is 0 Å². The zero-order valence-corrected chi connectivity index (χ0v) is 11.3. The van der Waals surface area contributed by atoms with Crippen molar-refractivity contribution in [1.29, 1.82) is 0 Å². The summed E-state index contributed by atoms with van der Waals surface area (Å²) in [6.07, 6.45) is 3.97. The molecule has 2 unspecified atom stereocenters. The van der Waals surface area contributed by atoms with Crippen LogP contribution in [-0.2, 0) is 9.53 Å². The fraction of sp³-hybridized carbons (Fsp3) is 0.923. The summed E-state index contributed by atoms with van der Waals surface area (Å²) in [4.78, 5) is 14.3. The standard InChI is InChI=1S/C13H26N2O2/c1-10(2)15(7-8-17-3)13(16)11-5-4-6-12(14)9-11/h10-12H,4-9,14H2,1-3H3. The number of carbonyl (C=O) groups is 1. The minimum absolute atomic E-state index is 0.123. The van der Waals surface area contributed by atoms with E-state index in [4.69, 9.17) is 10.5 Å². The van der Waals surface area contributed by atoms with Crippen molar-refractivity contribution in [3.05, 3.63) is 0 Å². The van der Waals surface area contributed by atoms with Crippen molar-refractivity contribution < 1.29 is 9.53 Å². The van der Waals surface area contributed by atoms with E-state index < -0.39 is 0 Å². The van der Waals surface area contributed by atoms with Gasteiger partial charge in [0.2, 0.25) is 5.91 Å². The minimum Gasteiger partial charge on any atom is -0.383 e. The van der Waals surface area contributed by atoms with Crippen LogP contribution in [0.1, 0.15) is 39.5 Å². The normalized spacial score (nSPS) is 25.0. The summed E-state index contributed by atoms with van der Waals surface area (Å²) in [5.41, 5.74) is 5.94. The molecule has 2 N–H and O–H groups in total. The molecular weight excluding hydrogens is 216 g/mol. The Morgan fingerprint density at radius 3 is 2.71 bits per heavy atom. The lowest BCUT2D eigenvalue weighted by Gasteiger charge is -2.33. The highest BCUT2D eigenvalue weighted by molar-refractivity contribution is 5.79. The minimum atomic E-state index is 0.123. The molecule has 1 fully saturated rings. The maximum absolute atomic E-state index is 12.4. The Hall–Kier alpha value is -0.610. The van der Waals surface area contributed by atoms with Gasteiger partial charge in [-0.05, 0) is 33.1 Å². The highest BCUT2D eigenvalue weighted by Gasteiger charge is 2.29. The molecule has 4 nitrogen and oxygen atoms in total. The van der Waals surface area contributed by atoms with Crippen LogP contribution in [0.2, 0.25) is 0 Å². The molecule has 4 heteroatoms. The molecule has 0 aromatic heterocycles. The molecule has 0 bridgehead atoms. The molecule has 17 heavy (non-hydrogen) atoms. The van der Waals surface area contributed by atoms with Crippen LogP contribution in [0, 0.1) is 5.92 Å². The topological polar surface area (TPSA) is 55.6 Å². The van der Waals surface area contributed by atoms with Crippen molar-refractivity contribution in [3.63, 3.8) is 0 Å². The largest absolute Gasteiger partial charge is 0.383 e. The average molecular weight is 242 g/mol. The van der Waals surface area contributed by atoms with Crippen molar-refractivity contribution in [1.82, 2.24) is 4.90 Å². The fourth-order valence-electron chi connectivity index (χ4n) is 2.50. The molecule has 0 aromatic rings. The summed E-state index contributed by atoms with van der Waals surface area (Å²) in [6, 6.07) is 0.435. The van der Waals surface area contributed by atoms with Crippen molar-refractivity contribution in [2.24, 2.45) is 11.7 Å². The molecule has 0 aliphatic heterocycles. The zero-order chi connectivity index (χ0) is 12.8. The molecule has 1 rings (SSSR count). The molecule has 2 atom stereocenters. The van der Waals surface area contributed by atoms with Gasteiger partial charge in [-0.1, -0.05) is 6.42 Å². The highest BCUT2D eigenvalue weighted by atomic mass is 16.5. The number of rotatable bonds is 5. The maximum atomic E-state index is 12.4. The van der Waals surface area contributed by atoms with Crippen LogP contribution in [-0.4, -0.2) is 43.2 Å². The van der Waals surface area contributed by atoms with Gasteiger partial charge in [-0.3, -0.25) is 4.79 Å². The second-order valence-electron chi connectivity index (χ2n) is 5.24. The molecule has 1 aliphatic rings. The summed E-state index contributed by atoms with van der Waals surface area (Å²) < 4.78 is 5.06. The predicted octanol–water partition coefficient (Wildman–Crippen LogP) is 1.39. The van der Waals surface area contributed by atoms with E-state index in [-0.39, 0.29) is 23.9 Å². The van der Waals surface area contributed by atoms with Crippen molar-refractivity contribution in [3.8, 4) is 0 Å². The molecule has 0 radical (unpaired) electrons. The monoisotopic (exact) mass is 242 g/mol. The van der Waals surface area contributed by atoms with Crippen molar-refractivity contribution in [2.75, 3.05) is 20.3 Å². The summed E-state index contributed by atoms with van der Waals surface area (Å²) in [5, 5.41) is 0. The third kappa shape index (κ3) is 4.28. The lowest BCUT2D eigenvalue weighted by molar-refractivity contribution is -0.139. The molecule has 0 aromatic carbocycles. The van der Waals surface area contributed by atoms with E-state index in [0.29, 0.717) is 13.2 Å². The summed E-state index contributed by atoms with van der Waals surface area (Å²) in [5.74, 6) is 0.380. The first-order valence-electron chi connectivity index (χ1n) is 6.61. The summed E-state index contributed by atoms with van der Waals surface area (Å²) in [6.45, 7) is 5.38. The van der Waals surface area contributed by atoms with E-state index in [9.17, 15) is 4.79 Å². The summed E-state index contributed by atoms with van der Waals surface area (Å²) in [7, 11) is 1.67. The SMILES string of the molecule is COCCN(C(=O)C1CCCC(N)C1)C(C)C. The van der Waals surface area contributed by atoms with Crippen LogP contribution in [0.5, 0.6) is 0 Å². The number of hydrogen-bond acceptors (Lipinski definition) is 3. The molecule has 100 valence electrons. The van der Waals surface area contributed by atoms with Crippen LogP contribution in [0.25, 0.3) is 0 Å². The van der Waals surface area contributed by atoms with Crippen LogP contribution in [0.15, 0.2) is 0 Å². The predicted molar refractivity (Wildman–Crippen MR) is 68.7 cm³/mol. The first kappa shape index (κ1) is 14.5. The van der Waals surface area contributed by atoms with Crippen LogP contribution in [0.4, 0.5) is 0 Å². The Kier molecular flexibility index (Phi) is 5.92. The van der Waals surface area contributed by atoms with Gasteiger partial charge in [0, 0.05) is 31.7 Å². The third-order valence-corrected chi connectivity index (χ3v) is 3.51. The van der Waals surface area contributed by atoms with Gasteiger partial charge >= 0.3 is 0 Å². The Morgan fingerprint density at radius 2 is 2.18 bits per heavy atom. The van der Waals surface area contributed by atoms with Crippen LogP contribution in [0.3, 0.4) is 0 Å². The first-order valence-corrected chi connectivity index (χ1v) is 6.61. The van der Waals surface area contributed by atoms with Crippen LogP contribution < -0.4 is 5.73 Å². The second kappa shape index (κ2) is 6.97. The quantitative estimate of drug-likeness (QED) is 0.792. The zero-order valence-electron chi connectivity index (χ0n) is 11.3. The van der Waals surface area contributed by atoms with Gasteiger partial charge in [-0.25, -0.2) is 0 Å². The van der Waals surface area contributed by atoms with E-state index in [1.54, 1.807) is 7.11 Å². The number of hydrogen-bond donors (Lipinski definition) is 1. The Balaban J connectivity index is 2.56. The first-order chi connectivity index (χ1) is 8.06. The van der Waals surface area contributed by atoms with Gasteiger partial charge in [-0.15, -0.1) is 0 Å². The Labute approximate surface area is 104 Å². The Bertz CT molecular complexity index is 244. The summed E-state index contributed by atoms with van der Waals surface area (Å²) >= 11 is 0. The number of nitrogens with two attached hydrogens (primary N) is 1. The second-order valence-corrected chi connectivity index (χ2v) is 5.24. The van der Waals surface area contributed by atoms with Gasteiger partial charge in [-0.2, -0.15) is 0 Å². The van der Waals surface area contributed by atoms with E-state index >= 15 is 0 Å². The third-order valence-electron chi connectivity index (χ3n) is 3.51. The molecule has 0 heterocycles. The van der Waals surface area contributed by atoms with Gasteiger partial charge in [0.05, 0.1) is 6.61 Å². The molecule has 1 saturated carbocycles. The van der Waals surface area contributed by atoms with E-state index in [2.05, 4.69) is 13.8 Å². The van der Waals surface area contributed by atoms with E-state index in [0.717, 1.165) is 25.7 Å². The maximum Gasteiger partial charge on any atom is 0.226 e. The fourth-order valence-corrected chi connectivity index (χ4v) is 2.50. The van der Waals surface area contributed by atoms with E-state index in [1.165, 1.54) is 0 Å². The van der Waals surface area contributed by atoms with Gasteiger partial charge < -0.3 is 15.4 Å². The van der Waals surface area contributed by atoms with E-state index in [1.807, 2.05) is 4.90 Å². The molecule has 0 saturated heterocycles. The molecule has 1 amide bonds. The number of nitrogens with zero attached hydrogens (tertiary/aromatic N) is 1. The number of amides is 1. The van der Waals surface area contributed by atoms with Gasteiger partial charge in [0.1, 0.15) is 0 Å². The number of carbonyl (C=O) groups excluding carboxylic acids is 1. The molecule has 1 aliphatic carbocycles. The number of ether oxygens (including phenoxy) is 1. The van der Waals surface area contributed by atoms with Crippen molar-refractivity contribution >= 4 is 5.91 Å². The van der Waals surface area contributed by atoms with Gasteiger partial charge in [0.15, 0.2) is 0 Å².